The molecular weight excluding hydrogens is 961 g/mol. The summed E-state index contributed by atoms with van der Waals surface area (Å²) in [5, 5.41) is 10.8. The Labute approximate surface area is 394 Å². The van der Waals surface area contributed by atoms with Crippen LogP contribution in [0.3, 0.4) is 0 Å². The second-order valence-corrected chi connectivity index (χ2v) is 22.9. The summed E-state index contributed by atoms with van der Waals surface area (Å²) in [6.45, 7) is 13.0. The molecule has 4 rings (SSSR count). The van der Waals surface area contributed by atoms with Crippen LogP contribution in [0.15, 0.2) is 48.5 Å². The highest BCUT2D eigenvalue weighted by Gasteiger charge is 2.42. The fraction of sp³-hybridized carbons (Fsp3) is 0.458. The first-order valence-electron chi connectivity index (χ1n) is 20.7. The lowest BCUT2D eigenvalue weighted by Gasteiger charge is -2.37. The minimum absolute atomic E-state index is 0.0243. The first kappa shape index (κ1) is 55.3. The van der Waals surface area contributed by atoms with Crippen molar-refractivity contribution in [3.05, 3.63) is 140 Å². The van der Waals surface area contributed by atoms with Crippen LogP contribution < -0.4 is 0 Å². The first-order chi connectivity index (χ1) is 30.5. The SMILES string of the molecule is CC(C)(Cc1ccc(C(=P)OCCSSCCOC(=O)c2ccc(CC(C)(C)CC(c3c(F)c(F)c(F)c(F)c3F)C(C)(C)Cl)cc2)cc1)CC(c1c(F)c(F)c(F)c(F)c1F)C(C)(C)O. The van der Waals surface area contributed by atoms with Crippen LogP contribution in [0.2, 0.25) is 0 Å². The molecule has 0 aliphatic rings. The molecule has 0 bridgehead atoms. The van der Waals surface area contributed by atoms with Gasteiger partial charge in [0, 0.05) is 44.9 Å². The maximum absolute atomic E-state index is 14.8. The number of alkyl halides is 1. The molecule has 0 amide bonds. The zero-order valence-corrected chi connectivity index (χ0v) is 41.0. The number of hydrogen-bond donors (Lipinski definition) is 1. The van der Waals surface area contributed by atoms with E-state index in [0.717, 1.165) is 16.7 Å². The van der Waals surface area contributed by atoms with Crippen LogP contribution in [0.5, 0.6) is 0 Å². The van der Waals surface area contributed by atoms with E-state index in [2.05, 4.69) is 8.86 Å². The molecule has 0 aliphatic carbocycles. The fourth-order valence-corrected chi connectivity index (χ4v) is 9.88. The molecule has 1 N–H and O–H groups in total. The van der Waals surface area contributed by atoms with Gasteiger partial charge >= 0.3 is 5.97 Å². The first-order valence-corrected chi connectivity index (χ1v) is 24.1. The van der Waals surface area contributed by atoms with Gasteiger partial charge < -0.3 is 14.6 Å². The molecule has 4 aromatic carbocycles. The van der Waals surface area contributed by atoms with Crippen molar-refractivity contribution in [2.75, 3.05) is 24.7 Å². The minimum atomic E-state index is -2.26. The summed E-state index contributed by atoms with van der Waals surface area (Å²) < 4.78 is 155. The second-order valence-electron chi connectivity index (χ2n) is 18.7. The van der Waals surface area contributed by atoms with E-state index < -0.39 is 108 Å². The molecule has 0 saturated heterocycles. The fourth-order valence-electron chi connectivity index (χ4n) is 7.77. The summed E-state index contributed by atoms with van der Waals surface area (Å²) in [5.74, 6) is -22.5. The number of rotatable bonds is 22. The Balaban J connectivity index is 1.19. The molecule has 4 aromatic rings. The Morgan fingerprint density at radius 1 is 0.561 bits per heavy atom. The minimum Gasteiger partial charge on any atom is -0.461 e. The Hall–Kier alpha value is -3.27. The highest BCUT2D eigenvalue weighted by Crippen LogP contribution is 2.47. The second kappa shape index (κ2) is 22.4. The largest absolute Gasteiger partial charge is 0.461 e. The topological polar surface area (TPSA) is 55.8 Å². The average Bonchev–Trinajstić information content (AvgIpc) is 3.23. The maximum atomic E-state index is 14.8. The number of ether oxygens (including phenoxy) is 2. The summed E-state index contributed by atoms with van der Waals surface area (Å²) in [5.41, 5.74) is -2.25. The summed E-state index contributed by atoms with van der Waals surface area (Å²) in [6.07, 6.45) is 0.559. The molecule has 0 heterocycles. The van der Waals surface area contributed by atoms with Crippen molar-refractivity contribution < 1.29 is 63.3 Å². The van der Waals surface area contributed by atoms with Crippen LogP contribution in [0, 0.1) is 69.0 Å². The standard InChI is InChI=1S/C48H52ClF10O4PS2/c1-45(2,23-29(47(5,6)49)31-33(50)37(54)41(58)38(55)34(31)51)21-25-9-13-27(14-10-25)43(60)62-17-19-65-66-20-18-63-44(64)28-15-11-26(12-16-28)22-46(3,4)24-30(48(7,8)61)32-35(52)39(56)42(59)40(57)36(32)53/h9-16,29-30,61,64H,17-24H2,1-8H3. The van der Waals surface area contributed by atoms with Gasteiger partial charge in [0.25, 0.3) is 0 Å². The van der Waals surface area contributed by atoms with Gasteiger partial charge in [-0.2, -0.15) is 0 Å². The number of carbonyl (C=O) groups excluding carboxylic acids is 1. The number of benzene rings is 4. The van der Waals surface area contributed by atoms with Gasteiger partial charge in [-0.25, -0.2) is 48.7 Å². The normalized spacial score (nSPS) is 13.5. The third-order valence-electron chi connectivity index (χ3n) is 11.0. The van der Waals surface area contributed by atoms with Crippen molar-refractivity contribution in [2.45, 2.75) is 103 Å². The van der Waals surface area contributed by atoms with E-state index in [-0.39, 0.29) is 19.4 Å². The van der Waals surface area contributed by atoms with Gasteiger partial charge in [0.2, 0.25) is 11.6 Å². The van der Waals surface area contributed by atoms with E-state index in [1.807, 2.05) is 12.1 Å². The quantitative estimate of drug-likeness (QED) is 0.0124. The molecule has 0 saturated carbocycles. The molecule has 66 heavy (non-hydrogen) atoms. The van der Waals surface area contributed by atoms with Crippen molar-refractivity contribution in [1.29, 1.82) is 0 Å². The smallest absolute Gasteiger partial charge is 0.338 e. The zero-order valence-electron chi connectivity index (χ0n) is 37.6. The van der Waals surface area contributed by atoms with Crippen LogP contribution in [0.4, 0.5) is 43.9 Å². The van der Waals surface area contributed by atoms with Crippen molar-refractivity contribution in [2.24, 2.45) is 10.8 Å². The zero-order chi connectivity index (χ0) is 49.7. The van der Waals surface area contributed by atoms with Crippen molar-refractivity contribution >= 4 is 53.5 Å². The van der Waals surface area contributed by atoms with E-state index in [9.17, 15) is 53.8 Å². The number of hydrogen-bond acceptors (Lipinski definition) is 6. The van der Waals surface area contributed by atoms with Crippen LogP contribution in [0.1, 0.15) is 118 Å². The monoisotopic (exact) mass is 1010 g/mol. The molecular formula is C48H52ClF10O4PS2. The maximum Gasteiger partial charge on any atom is 0.338 e. The number of halogens is 11. The summed E-state index contributed by atoms with van der Waals surface area (Å²) in [6, 6.07) is 13.8. The van der Waals surface area contributed by atoms with E-state index in [1.54, 1.807) is 64.1 Å². The highest BCUT2D eigenvalue weighted by atomic mass is 35.5. The molecule has 0 aromatic heterocycles. The number of esters is 1. The molecule has 0 fully saturated rings. The number of aliphatic hydroxyl groups is 1. The van der Waals surface area contributed by atoms with Crippen LogP contribution >= 0.6 is 42.1 Å². The Morgan fingerprint density at radius 2 is 0.894 bits per heavy atom. The third-order valence-corrected chi connectivity index (χ3v) is 14.1. The molecule has 18 heteroatoms. The molecule has 0 aliphatic heterocycles. The lowest BCUT2D eigenvalue weighted by molar-refractivity contribution is 0.0290. The van der Waals surface area contributed by atoms with Crippen molar-refractivity contribution in [1.82, 2.24) is 0 Å². The molecule has 2 atom stereocenters. The van der Waals surface area contributed by atoms with Gasteiger partial charge in [-0.15, -0.1) is 11.6 Å². The van der Waals surface area contributed by atoms with E-state index in [0.29, 0.717) is 42.0 Å². The molecule has 0 radical (unpaired) electrons. The van der Waals surface area contributed by atoms with Gasteiger partial charge in [0.15, 0.2) is 46.5 Å². The third kappa shape index (κ3) is 14.2. The van der Waals surface area contributed by atoms with E-state index >= 15 is 0 Å². The van der Waals surface area contributed by atoms with Gasteiger partial charge in [-0.3, -0.25) is 0 Å². The molecule has 4 nitrogen and oxygen atoms in total. The molecule has 2 unspecified atom stereocenters. The van der Waals surface area contributed by atoms with Gasteiger partial charge in [-0.1, -0.05) is 94.5 Å². The molecule has 362 valence electrons. The Morgan fingerprint density at radius 3 is 1.27 bits per heavy atom. The Kier molecular flexibility index (Phi) is 18.8. The Bertz CT molecular complexity index is 2150. The predicted octanol–water partition coefficient (Wildman–Crippen LogP) is 14.2. The van der Waals surface area contributed by atoms with E-state index in [4.69, 9.17) is 21.1 Å². The predicted molar refractivity (Wildman–Crippen MR) is 245 cm³/mol. The van der Waals surface area contributed by atoms with Crippen LogP contribution in [-0.2, 0) is 22.3 Å². The number of carbonyl (C=O) groups is 1. The lowest BCUT2D eigenvalue weighted by atomic mass is 9.70. The molecule has 0 spiro atoms. The van der Waals surface area contributed by atoms with Gasteiger partial charge in [0.1, 0.15) is 12.1 Å². The highest BCUT2D eigenvalue weighted by molar-refractivity contribution is 8.76. The summed E-state index contributed by atoms with van der Waals surface area (Å²) >= 11 is 6.49. The van der Waals surface area contributed by atoms with Crippen molar-refractivity contribution in [3.8, 4) is 0 Å². The summed E-state index contributed by atoms with van der Waals surface area (Å²) in [4.78, 5) is 11.3. The average molecular weight is 1010 g/mol. The summed E-state index contributed by atoms with van der Waals surface area (Å²) in [7, 11) is 6.48. The lowest BCUT2D eigenvalue weighted by Crippen LogP contribution is -2.35. The van der Waals surface area contributed by atoms with Crippen LogP contribution in [0.25, 0.3) is 0 Å². The van der Waals surface area contributed by atoms with Gasteiger partial charge in [0.05, 0.1) is 17.8 Å². The van der Waals surface area contributed by atoms with Crippen LogP contribution in [-0.4, -0.2) is 51.8 Å². The van der Waals surface area contributed by atoms with Crippen molar-refractivity contribution in [3.63, 3.8) is 0 Å². The van der Waals surface area contributed by atoms with E-state index in [1.165, 1.54) is 49.3 Å². The van der Waals surface area contributed by atoms with Gasteiger partial charge in [-0.05, 0) is 87.5 Å².